The third kappa shape index (κ3) is 6.97. The summed E-state index contributed by atoms with van der Waals surface area (Å²) in [5, 5.41) is 18.5. The molecule has 2 aliphatic heterocycles. The molecule has 2 aromatic rings. The van der Waals surface area contributed by atoms with Gasteiger partial charge in [0, 0.05) is 10.9 Å². The Labute approximate surface area is 297 Å². The van der Waals surface area contributed by atoms with Crippen molar-refractivity contribution >= 4 is 56.2 Å². The van der Waals surface area contributed by atoms with Gasteiger partial charge in [-0.2, -0.15) is 13.5 Å². The van der Waals surface area contributed by atoms with E-state index in [0.29, 0.717) is 34.4 Å². The zero-order valence-corrected chi connectivity index (χ0v) is 29.7. The average molecular weight is 749 g/mol. The predicted octanol–water partition coefficient (Wildman–Crippen LogP) is 0.746. The van der Waals surface area contributed by atoms with Crippen LogP contribution in [0.4, 0.5) is 5.13 Å². The van der Waals surface area contributed by atoms with Gasteiger partial charge in [0.05, 0.1) is 11.6 Å². The van der Waals surface area contributed by atoms with Crippen molar-refractivity contribution in [3.05, 3.63) is 40.4 Å². The number of amidine groups is 1. The number of carboxylic acid groups (broad SMARTS) is 1. The Hall–Kier alpha value is -4.37. The maximum absolute atomic E-state index is 13.5. The molecule has 6 rings (SSSR count). The summed E-state index contributed by atoms with van der Waals surface area (Å²) in [6.45, 7) is 4.73. The summed E-state index contributed by atoms with van der Waals surface area (Å²) in [5.41, 5.74) is 15.7. The first-order chi connectivity index (χ1) is 23.8. The number of benzene rings is 1. The number of carbonyl (C=O) groups is 3. The molecule has 3 fully saturated rings. The van der Waals surface area contributed by atoms with E-state index in [2.05, 4.69) is 19.7 Å². The number of aliphatic imine (C=N–C) groups is 1. The Morgan fingerprint density at radius 1 is 1.25 bits per heavy atom. The van der Waals surface area contributed by atoms with Crippen LogP contribution >= 0.6 is 11.3 Å². The van der Waals surface area contributed by atoms with Gasteiger partial charge in [-0.05, 0) is 101 Å². The summed E-state index contributed by atoms with van der Waals surface area (Å²) in [6, 6.07) is 4.19. The maximum Gasteiger partial charge on any atom is 0.418 e. The zero-order chi connectivity index (χ0) is 37.1. The largest absolute Gasteiger partial charge is 0.485 e. The van der Waals surface area contributed by atoms with Crippen LogP contribution in [0.5, 0.6) is 5.75 Å². The number of β-lactam (4-membered cyclic amide) rings is 1. The van der Waals surface area contributed by atoms with Gasteiger partial charge in [0.2, 0.25) is 0 Å². The molecule has 2 saturated carbocycles. The number of rotatable bonds is 12. The predicted molar refractivity (Wildman–Crippen MR) is 183 cm³/mol. The number of fused-ring (bicyclic) bond motifs is 1. The number of thiazole rings is 1. The van der Waals surface area contributed by atoms with Gasteiger partial charge in [-0.25, -0.2) is 9.78 Å². The lowest BCUT2D eigenvalue weighted by Gasteiger charge is -2.56. The van der Waals surface area contributed by atoms with Crippen LogP contribution in [0.25, 0.3) is 0 Å². The first kappa shape index (κ1) is 36.4. The number of carboxylic acids is 1. The maximum atomic E-state index is 13.5. The highest BCUT2D eigenvalue weighted by molar-refractivity contribution is 7.80. The standard InChI is InChI=1S/C31H40N8O10S2/c1-29(2)23(26(41)39(29)49-51(44,45)46)37-25(40)22(19-14-50-28(34)36-19)38-48-30(3,27(42)43)21-7-5-16-8-17(4-6-20(16)47-21)24(33)35-18-11-31(12-18)9-15(10-31)13-32/h4,6,8,14-15,18,21,23H,5,7,9-13,32H2,1-3H3,(H2,33,35)(H2,34,36)(H,37,40)(H,42,43)(H,44,45,46)/b38-22-/t15?,18?,21-,23-,30+,31?/m1/s1. The van der Waals surface area contributed by atoms with Crippen molar-refractivity contribution in [3.63, 3.8) is 0 Å². The molecule has 2 amide bonds. The Morgan fingerprint density at radius 2 is 1.96 bits per heavy atom. The minimum absolute atomic E-state index is 0.0622. The van der Waals surface area contributed by atoms with Crippen molar-refractivity contribution in [1.29, 1.82) is 0 Å². The first-order valence-corrected chi connectivity index (χ1v) is 18.4. The molecule has 1 aromatic heterocycles. The highest BCUT2D eigenvalue weighted by Gasteiger charge is 2.58. The molecule has 1 saturated heterocycles. The number of oxime groups is 1. The first-order valence-electron chi connectivity index (χ1n) is 16.2. The Kier molecular flexibility index (Phi) is 9.28. The van der Waals surface area contributed by atoms with Crippen molar-refractivity contribution in [1.82, 2.24) is 15.4 Å². The number of ether oxygens (including phenoxy) is 1. The van der Waals surface area contributed by atoms with E-state index < -0.39 is 57.2 Å². The van der Waals surface area contributed by atoms with Crippen LogP contribution in [0.1, 0.15) is 69.7 Å². The molecule has 3 atom stereocenters. The van der Waals surface area contributed by atoms with Crippen LogP contribution in [0.15, 0.2) is 33.7 Å². The number of aryl methyl sites for hydroxylation is 1. The summed E-state index contributed by atoms with van der Waals surface area (Å²) in [5.74, 6) is -1.96. The third-order valence-electron chi connectivity index (χ3n) is 10.2. The van der Waals surface area contributed by atoms with Crippen molar-refractivity contribution < 1.29 is 46.3 Å². The summed E-state index contributed by atoms with van der Waals surface area (Å²) >= 11 is 0.969. The lowest BCUT2D eigenvalue weighted by Crippen LogP contribution is -2.76. The van der Waals surface area contributed by atoms with Crippen LogP contribution in [-0.2, 0) is 40.3 Å². The minimum atomic E-state index is -5.03. The van der Waals surface area contributed by atoms with Gasteiger partial charge in [-0.15, -0.1) is 15.6 Å². The Balaban J connectivity index is 1.16. The van der Waals surface area contributed by atoms with Crippen molar-refractivity contribution in [2.24, 2.45) is 32.9 Å². The van der Waals surface area contributed by atoms with E-state index in [1.165, 1.54) is 26.2 Å². The number of amides is 2. The number of carbonyl (C=O) groups excluding carboxylic acids is 2. The van der Waals surface area contributed by atoms with Crippen LogP contribution < -0.4 is 27.3 Å². The topological polar surface area (TPSA) is 284 Å². The van der Waals surface area contributed by atoms with Crippen LogP contribution in [-0.4, -0.2) is 93.3 Å². The molecule has 18 nitrogen and oxygen atoms in total. The fourth-order valence-electron chi connectivity index (χ4n) is 7.30. The van der Waals surface area contributed by atoms with Gasteiger partial charge in [0.1, 0.15) is 23.3 Å². The van der Waals surface area contributed by atoms with E-state index in [9.17, 15) is 27.9 Å². The smallest absolute Gasteiger partial charge is 0.418 e. The van der Waals surface area contributed by atoms with E-state index in [0.717, 1.165) is 54.7 Å². The molecule has 0 bridgehead atoms. The molecule has 1 aromatic carbocycles. The number of anilines is 1. The summed E-state index contributed by atoms with van der Waals surface area (Å²) in [7, 11) is -5.03. The number of nitrogens with two attached hydrogens (primary N) is 3. The van der Waals surface area contributed by atoms with Gasteiger partial charge in [-0.3, -0.25) is 19.1 Å². The van der Waals surface area contributed by atoms with Gasteiger partial charge in [0.25, 0.3) is 17.4 Å². The van der Waals surface area contributed by atoms with Crippen molar-refractivity contribution in [2.75, 3.05) is 12.3 Å². The summed E-state index contributed by atoms with van der Waals surface area (Å²) < 4.78 is 41.8. The lowest BCUT2D eigenvalue weighted by molar-refractivity contribution is -0.218. The number of hydrogen-bond donors (Lipinski definition) is 6. The number of aromatic nitrogens is 1. The molecule has 0 unspecified atom stereocenters. The van der Waals surface area contributed by atoms with Crippen molar-refractivity contribution in [2.45, 2.75) is 88.6 Å². The highest BCUT2D eigenvalue weighted by atomic mass is 32.3. The Bertz CT molecular complexity index is 1920. The molecule has 1 spiro atoms. The van der Waals surface area contributed by atoms with E-state index in [1.54, 1.807) is 12.1 Å². The summed E-state index contributed by atoms with van der Waals surface area (Å²) in [6.07, 6.45) is 3.90. The molecular weight excluding hydrogens is 709 g/mol. The number of nitrogens with one attached hydrogen (secondary N) is 1. The monoisotopic (exact) mass is 748 g/mol. The van der Waals surface area contributed by atoms with Crippen LogP contribution in [0.2, 0.25) is 0 Å². The minimum Gasteiger partial charge on any atom is -0.485 e. The fourth-order valence-corrected chi connectivity index (χ4v) is 8.30. The number of nitrogen functional groups attached to an aromatic ring is 1. The fraction of sp³-hybridized carbons (Fsp3) is 0.548. The van der Waals surface area contributed by atoms with E-state index in [4.69, 9.17) is 36.3 Å². The van der Waals surface area contributed by atoms with E-state index >= 15 is 0 Å². The lowest BCUT2D eigenvalue weighted by atomic mass is 9.50. The van der Waals surface area contributed by atoms with Gasteiger partial charge in [0.15, 0.2) is 16.9 Å². The molecule has 276 valence electrons. The Morgan fingerprint density at radius 3 is 2.55 bits per heavy atom. The quantitative estimate of drug-likeness (QED) is 0.0574. The van der Waals surface area contributed by atoms with Crippen LogP contribution in [0.3, 0.4) is 0 Å². The number of hydroxylamine groups is 2. The van der Waals surface area contributed by atoms with E-state index in [-0.39, 0.29) is 23.3 Å². The molecule has 3 heterocycles. The zero-order valence-electron chi connectivity index (χ0n) is 28.1. The normalized spacial score (nSPS) is 28.3. The SMILES string of the molecule is CC1(C)[C@H](NC(=O)/C(=N\O[C@](C)(C(=O)O)[C@H]2CCc3cc(C(N)=NC4CC5(CC(CN)C5)C4)ccc3O2)c2csc(N)n2)C(=O)N1OS(=O)(=O)O. The molecule has 0 radical (unpaired) electrons. The number of hydrogen-bond acceptors (Lipinski definition) is 14. The second-order valence-electron chi connectivity index (χ2n) is 14.3. The number of aliphatic carboxylic acids is 1. The number of nitrogens with zero attached hydrogens (tertiary/aromatic N) is 4. The highest BCUT2D eigenvalue weighted by Crippen LogP contribution is 2.59. The second kappa shape index (κ2) is 13.0. The van der Waals surface area contributed by atoms with E-state index in [1.807, 2.05) is 6.07 Å². The summed E-state index contributed by atoms with van der Waals surface area (Å²) in [4.78, 5) is 53.2. The van der Waals surface area contributed by atoms with Crippen molar-refractivity contribution in [3.8, 4) is 5.75 Å². The second-order valence-corrected chi connectivity index (χ2v) is 16.2. The van der Waals surface area contributed by atoms with Gasteiger partial charge < -0.3 is 37.2 Å². The van der Waals surface area contributed by atoms with Crippen LogP contribution in [0, 0.1) is 11.3 Å². The van der Waals surface area contributed by atoms with Gasteiger partial charge >= 0.3 is 16.4 Å². The molecule has 2 aliphatic carbocycles. The molecule has 9 N–H and O–H groups in total. The average Bonchev–Trinajstić information content (AvgIpc) is 3.47. The molecule has 4 aliphatic rings. The molecule has 20 heteroatoms. The third-order valence-corrected chi connectivity index (χ3v) is 11.2. The molecular formula is C31H40N8O10S2. The van der Waals surface area contributed by atoms with Gasteiger partial charge in [-0.1, -0.05) is 5.16 Å². The molecule has 51 heavy (non-hydrogen) atoms.